The van der Waals surface area contributed by atoms with Crippen LogP contribution in [0.25, 0.3) is 22.7 Å². The number of aromatic nitrogens is 2. The highest BCUT2D eigenvalue weighted by atomic mass is 14.9. The van der Waals surface area contributed by atoms with Crippen molar-refractivity contribution in [2.45, 2.75) is 20.3 Å². The minimum absolute atomic E-state index is 0.578. The van der Waals surface area contributed by atoms with Crippen LogP contribution in [0.3, 0.4) is 0 Å². The van der Waals surface area contributed by atoms with Crippen LogP contribution in [0.15, 0.2) is 54.1 Å². The molecule has 2 N–H and O–H groups in total. The number of aryl methyl sites for hydroxylation is 1. The van der Waals surface area contributed by atoms with E-state index in [9.17, 15) is 0 Å². The third kappa shape index (κ3) is 2.21. The molecule has 0 spiro atoms. The number of rotatable bonds is 2. The van der Waals surface area contributed by atoms with Crippen molar-refractivity contribution in [1.82, 2.24) is 9.97 Å². The van der Waals surface area contributed by atoms with Crippen LogP contribution in [0.5, 0.6) is 0 Å². The maximum absolute atomic E-state index is 8.63. The zero-order chi connectivity index (χ0) is 16.7. The summed E-state index contributed by atoms with van der Waals surface area (Å²) in [6.45, 7) is 4.24. The van der Waals surface area contributed by atoms with Crippen molar-refractivity contribution in [3.63, 3.8) is 0 Å². The Kier molecular flexibility index (Phi) is 3.42. The van der Waals surface area contributed by atoms with Gasteiger partial charge in [0.1, 0.15) is 5.82 Å². The Morgan fingerprint density at radius 1 is 1.08 bits per heavy atom. The zero-order valence-electron chi connectivity index (χ0n) is 13.9. The van der Waals surface area contributed by atoms with Crippen LogP contribution in [-0.4, -0.2) is 15.7 Å². The molecule has 1 aliphatic carbocycles. The van der Waals surface area contributed by atoms with Crippen molar-refractivity contribution in [3.05, 3.63) is 76.6 Å². The summed E-state index contributed by atoms with van der Waals surface area (Å²) in [7, 11) is 0. The molecule has 0 bridgehead atoms. The third-order valence-electron chi connectivity index (χ3n) is 4.47. The van der Waals surface area contributed by atoms with Gasteiger partial charge in [-0.25, -0.2) is 4.98 Å². The largest absolute Gasteiger partial charge is 0.338 e. The highest BCUT2D eigenvalue weighted by molar-refractivity contribution is 6.30. The quantitative estimate of drug-likeness (QED) is 0.677. The van der Waals surface area contributed by atoms with Crippen LogP contribution in [0, 0.1) is 12.3 Å². The van der Waals surface area contributed by atoms with Gasteiger partial charge in [-0.2, -0.15) is 0 Å². The molecule has 2 aromatic carbocycles. The fraction of sp³-hybridized carbons (Fsp3) is 0.143. The van der Waals surface area contributed by atoms with Gasteiger partial charge in [0.05, 0.1) is 16.7 Å². The van der Waals surface area contributed by atoms with Crippen molar-refractivity contribution in [2.75, 3.05) is 0 Å². The van der Waals surface area contributed by atoms with Crippen molar-refractivity contribution < 1.29 is 0 Å². The standard InChI is InChI=1S/C21H19N3/c1-3-7-14-16(21(22)15-9-6-8-13(2)20(14)15)12-19-23-17-10-4-5-11-18(17)24-19/h4-12,22H,3H2,1-2H3,(H,23,24)/b14-7-,16-12-,22-21?. The molecule has 0 aliphatic heterocycles. The minimum atomic E-state index is 0.578. The van der Waals surface area contributed by atoms with Crippen LogP contribution in [-0.2, 0) is 0 Å². The molecule has 1 aromatic heterocycles. The Hall–Kier alpha value is -2.94. The molecule has 0 radical (unpaired) electrons. The molecule has 0 unspecified atom stereocenters. The molecule has 0 atom stereocenters. The molecule has 0 saturated heterocycles. The summed E-state index contributed by atoms with van der Waals surface area (Å²) in [5.74, 6) is 0.795. The van der Waals surface area contributed by atoms with E-state index in [1.54, 1.807) is 0 Å². The second-order valence-electron chi connectivity index (χ2n) is 6.10. The van der Waals surface area contributed by atoms with Crippen molar-refractivity contribution in [3.8, 4) is 0 Å². The first-order chi connectivity index (χ1) is 11.7. The lowest BCUT2D eigenvalue weighted by Crippen LogP contribution is -1.95. The first kappa shape index (κ1) is 14.6. The van der Waals surface area contributed by atoms with E-state index in [0.717, 1.165) is 40.0 Å². The zero-order valence-corrected chi connectivity index (χ0v) is 13.9. The second kappa shape index (κ2) is 5.60. The maximum atomic E-state index is 8.63. The Labute approximate surface area is 141 Å². The van der Waals surface area contributed by atoms with Crippen molar-refractivity contribution >= 4 is 28.4 Å². The van der Waals surface area contributed by atoms with Crippen LogP contribution in [0.1, 0.15) is 35.9 Å². The Morgan fingerprint density at radius 3 is 2.71 bits per heavy atom. The van der Waals surface area contributed by atoms with Gasteiger partial charge >= 0.3 is 0 Å². The topological polar surface area (TPSA) is 52.5 Å². The number of para-hydroxylation sites is 2. The molecule has 24 heavy (non-hydrogen) atoms. The molecule has 1 heterocycles. The number of benzene rings is 2. The lowest BCUT2D eigenvalue weighted by Gasteiger charge is -2.05. The van der Waals surface area contributed by atoms with Gasteiger partial charge in [0, 0.05) is 11.1 Å². The molecular weight excluding hydrogens is 294 g/mol. The van der Waals surface area contributed by atoms with E-state index in [4.69, 9.17) is 5.41 Å². The summed E-state index contributed by atoms with van der Waals surface area (Å²) in [6.07, 6.45) is 5.15. The van der Waals surface area contributed by atoms with Gasteiger partial charge in [-0.05, 0) is 48.3 Å². The van der Waals surface area contributed by atoms with E-state index in [1.165, 1.54) is 11.1 Å². The number of hydrogen-bond donors (Lipinski definition) is 2. The molecule has 0 amide bonds. The summed E-state index contributed by atoms with van der Waals surface area (Å²) in [6, 6.07) is 14.2. The maximum Gasteiger partial charge on any atom is 0.131 e. The van der Waals surface area contributed by atoms with Gasteiger partial charge < -0.3 is 4.98 Å². The van der Waals surface area contributed by atoms with Crippen LogP contribution >= 0.6 is 0 Å². The first-order valence-electron chi connectivity index (χ1n) is 8.25. The lowest BCUT2D eigenvalue weighted by atomic mass is 9.99. The predicted molar refractivity (Wildman–Crippen MR) is 100 cm³/mol. The molecule has 4 rings (SSSR count). The average Bonchev–Trinajstić information content (AvgIpc) is 3.10. The molecule has 3 heteroatoms. The van der Waals surface area contributed by atoms with E-state index < -0.39 is 0 Å². The normalized spacial score (nSPS) is 17.2. The Bertz CT molecular complexity index is 985. The number of allylic oxidation sites excluding steroid dienone is 3. The average molecular weight is 313 g/mol. The molecule has 3 nitrogen and oxygen atoms in total. The fourth-order valence-corrected chi connectivity index (χ4v) is 3.39. The number of H-pyrrole nitrogens is 1. The monoisotopic (exact) mass is 313 g/mol. The molecule has 1 aliphatic rings. The van der Waals surface area contributed by atoms with Gasteiger partial charge in [0.2, 0.25) is 0 Å². The molecule has 0 fully saturated rings. The Morgan fingerprint density at radius 2 is 1.92 bits per heavy atom. The smallest absolute Gasteiger partial charge is 0.131 e. The Balaban J connectivity index is 1.89. The number of fused-ring (bicyclic) bond motifs is 2. The van der Waals surface area contributed by atoms with Gasteiger partial charge in [-0.3, -0.25) is 5.41 Å². The van der Waals surface area contributed by atoms with Crippen LogP contribution in [0.2, 0.25) is 0 Å². The highest BCUT2D eigenvalue weighted by Crippen LogP contribution is 2.39. The van der Waals surface area contributed by atoms with E-state index >= 15 is 0 Å². The lowest BCUT2D eigenvalue weighted by molar-refractivity contribution is 1.22. The second-order valence-corrected chi connectivity index (χ2v) is 6.10. The van der Waals surface area contributed by atoms with E-state index in [0.29, 0.717) is 5.71 Å². The van der Waals surface area contributed by atoms with Crippen molar-refractivity contribution in [2.24, 2.45) is 0 Å². The van der Waals surface area contributed by atoms with Crippen molar-refractivity contribution in [1.29, 1.82) is 5.41 Å². The van der Waals surface area contributed by atoms with Crippen LogP contribution < -0.4 is 0 Å². The minimum Gasteiger partial charge on any atom is -0.338 e. The van der Waals surface area contributed by atoms with E-state index in [2.05, 4.69) is 36.0 Å². The SMILES string of the molecule is CC/C=C1/C(=C/c2nc3ccccc3[nH]2)C(=N)c2cccc(C)c21. The fourth-order valence-electron chi connectivity index (χ4n) is 3.39. The first-order valence-corrected chi connectivity index (χ1v) is 8.25. The number of hydrogen-bond acceptors (Lipinski definition) is 2. The van der Waals surface area contributed by atoms with E-state index in [-0.39, 0.29) is 0 Å². The molecule has 3 aromatic rings. The van der Waals surface area contributed by atoms with E-state index in [1.807, 2.05) is 42.5 Å². The molecule has 0 saturated carbocycles. The molecule has 118 valence electrons. The third-order valence-corrected chi connectivity index (χ3v) is 4.47. The summed E-state index contributed by atoms with van der Waals surface area (Å²) in [4.78, 5) is 7.97. The van der Waals surface area contributed by atoms with Gasteiger partial charge in [-0.1, -0.05) is 43.3 Å². The highest BCUT2D eigenvalue weighted by Gasteiger charge is 2.27. The van der Waals surface area contributed by atoms with Crippen LogP contribution in [0.4, 0.5) is 0 Å². The summed E-state index contributed by atoms with van der Waals surface area (Å²) in [5.41, 5.74) is 8.05. The number of imidazole rings is 1. The number of aromatic amines is 1. The van der Waals surface area contributed by atoms with Gasteiger partial charge in [0.15, 0.2) is 0 Å². The summed E-state index contributed by atoms with van der Waals surface area (Å²) < 4.78 is 0. The summed E-state index contributed by atoms with van der Waals surface area (Å²) >= 11 is 0. The number of nitrogens with zero attached hydrogens (tertiary/aromatic N) is 1. The number of nitrogens with one attached hydrogen (secondary N) is 2. The predicted octanol–water partition coefficient (Wildman–Crippen LogP) is 5.13. The summed E-state index contributed by atoms with van der Waals surface area (Å²) in [5, 5.41) is 8.63. The van der Waals surface area contributed by atoms with Gasteiger partial charge in [-0.15, -0.1) is 0 Å². The molecular formula is C21H19N3. The van der Waals surface area contributed by atoms with Gasteiger partial charge in [0.25, 0.3) is 0 Å².